The van der Waals surface area contributed by atoms with Gasteiger partial charge in [0.15, 0.2) is 6.04 Å². The number of carbonyl (C=O) groups excluding carboxylic acids is 1. The number of carbonyl (C=O) groups is 1. The van der Waals surface area contributed by atoms with Crippen LogP contribution >= 0.6 is 0 Å². The van der Waals surface area contributed by atoms with Gasteiger partial charge in [0.1, 0.15) is 12.6 Å². The number of rotatable bonds is 3. The van der Waals surface area contributed by atoms with Crippen molar-refractivity contribution in [1.29, 1.82) is 0 Å². The Bertz CT molecular complexity index is 723. The number of hydrogen-bond donors (Lipinski definition) is 2. The Morgan fingerprint density at radius 3 is 3.08 bits per heavy atom. The number of hydroxylamine groups is 1. The molecule has 6 heteroatoms. The van der Waals surface area contributed by atoms with Crippen LogP contribution < -0.4 is 5.48 Å². The van der Waals surface area contributed by atoms with Crippen LogP contribution in [0.4, 0.5) is 0 Å². The predicted molar refractivity (Wildman–Crippen MR) is 91.9 cm³/mol. The molecule has 5 atom stereocenters. The Morgan fingerprint density at radius 2 is 2.28 bits per heavy atom. The van der Waals surface area contributed by atoms with E-state index in [1.807, 2.05) is 6.07 Å². The van der Waals surface area contributed by atoms with Crippen LogP contribution in [0.15, 0.2) is 12.3 Å². The van der Waals surface area contributed by atoms with Gasteiger partial charge in [0.05, 0.1) is 17.8 Å². The first-order valence-electron chi connectivity index (χ1n) is 9.60. The first kappa shape index (κ1) is 15.7. The minimum absolute atomic E-state index is 0.434. The summed E-state index contributed by atoms with van der Waals surface area (Å²) in [6.07, 6.45) is 5.29. The summed E-state index contributed by atoms with van der Waals surface area (Å²) < 4.78 is 1.47. The van der Waals surface area contributed by atoms with Crippen molar-refractivity contribution in [2.45, 2.75) is 44.8 Å². The molecule has 0 bridgehead atoms. The Kier molecular flexibility index (Phi) is 3.46. The summed E-state index contributed by atoms with van der Waals surface area (Å²) in [7, 11) is 0. The number of aromatic nitrogens is 1. The second-order valence-electron chi connectivity index (χ2n) is 8.80. The minimum atomic E-state index is -0.486. The second-order valence-corrected chi connectivity index (χ2v) is 8.80. The third kappa shape index (κ3) is 2.58. The third-order valence-electron chi connectivity index (χ3n) is 7.04. The van der Waals surface area contributed by atoms with Gasteiger partial charge in [-0.2, -0.15) is 0 Å². The Labute approximate surface area is 148 Å². The van der Waals surface area contributed by atoms with Gasteiger partial charge in [-0.1, -0.05) is 6.92 Å². The average molecular weight is 343 g/mol. The van der Waals surface area contributed by atoms with Crippen LogP contribution in [0.25, 0.3) is 0 Å². The maximum atomic E-state index is 11.5. The molecule has 25 heavy (non-hydrogen) atoms. The van der Waals surface area contributed by atoms with Crippen molar-refractivity contribution in [3.05, 3.63) is 29.1 Å². The number of nitrogens with one attached hydrogen (secondary N) is 1. The molecular weight excluding hydrogens is 316 g/mol. The molecule has 2 unspecified atom stereocenters. The zero-order chi connectivity index (χ0) is 17.2. The standard InChI is InChI=1S/C19H26N4O2/c1-12-4-13(5-17-18-11-23(17,18)10-12)8-22-3-2-14-6-15(19(24)21-25)7-20-16(14)9-22/h6-7,12-13,17-18H,2-5,8-11H2,1H3,(H-,21,24,25)/p+1/t12-,13-,17?,18?,23-/m1/s1. The molecule has 4 aliphatic heterocycles. The number of quaternary nitrogens is 1. The van der Waals surface area contributed by atoms with E-state index in [4.69, 9.17) is 5.21 Å². The van der Waals surface area contributed by atoms with E-state index in [2.05, 4.69) is 16.8 Å². The molecule has 0 aromatic carbocycles. The summed E-state index contributed by atoms with van der Waals surface area (Å²) in [4.78, 5) is 18.6. The van der Waals surface area contributed by atoms with E-state index in [1.165, 1.54) is 37.0 Å². The maximum Gasteiger partial charge on any atom is 0.276 e. The van der Waals surface area contributed by atoms with Gasteiger partial charge in [0, 0.05) is 38.2 Å². The summed E-state index contributed by atoms with van der Waals surface area (Å²) in [5, 5.41) is 8.77. The molecule has 3 saturated heterocycles. The van der Waals surface area contributed by atoms with Gasteiger partial charge in [-0.3, -0.25) is 24.4 Å². The number of hydrogen-bond acceptors (Lipinski definition) is 4. The highest BCUT2D eigenvalue weighted by Crippen LogP contribution is 2.60. The fraction of sp³-hybridized carbons (Fsp3) is 0.684. The second kappa shape index (κ2) is 5.50. The van der Waals surface area contributed by atoms with Crippen molar-refractivity contribution >= 4 is 5.91 Å². The zero-order valence-corrected chi connectivity index (χ0v) is 14.8. The monoisotopic (exact) mass is 343 g/mol. The lowest BCUT2D eigenvalue weighted by Gasteiger charge is -2.31. The van der Waals surface area contributed by atoms with E-state index in [0.717, 1.165) is 54.7 Å². The molecule has 2 N–H and O–H groups in total. The molecule has 6 nitrogen and oxygen atoms in total. The zero-order valence-electron chi connectivity index (χ0n) is 14.8. The fourth-order valence-electron chi connectivity index (χ4n) is 5.71. The lowest BCUT2D eigenvalue weighted by molar-refractivity contribution is -0.724. The van der Waals surface area contributed by atoms with Crippen LogP contribution in [0.5, 0.6) is 0 Å². The van der Waals surface area contributed by atoms with Crippen molar-refractivity contribution in [2.75, 3.05) is 26.2 Å². The number of pyridine rings is 1. The molecule has 1 aromatic heterocycles. The van der Waals surface area contributed by atoms with Crippen LogP contribution in [-0.2, 0) is 13.0 Å². The van der Waals surface area contributed by atoms with E-state index in [-0.39, 0.29) is 0 Å². The highest BCUT2D eigenvalue weighted by atomic mass is 16.5. The molecule has 4 aliphatic rings. The van der Waals surface area contributed by atoms with Gasteiger partial charge in [-0.05, 0) is 30.4 Å². The van der Waals surface area contributed by atoms with E-state index < -0.39 is 5.91 Å². The van der Waals surface area contributed by atoms with E-state index >= 15 is 0 Å². The minimum Gasteiger partial charge on any atom is -0.299 e. The predicted octanol–water partition coefficient (Wildman–Crippen LogP) is 1.19. The fourth-order valence-corrected chi connectivity index (χ4v) is 5.71. The van der Waals surface area contributed by atoms with Crippen molar-refractivity contribution in [2.24, 2.45) is 11.8 Å². The summed E-state index contributed by atoms with van der Waals surface area (Å²) in [6, 6.07) is 3.90. The van der Waals surface area contributed by atoms with Gasteiger partial charge in [-0.25, -0.2) is 5.48 Å². The smallest absolute Gasteiger partial charge is 0.276 e. The lowest BCUT2D eigenvalue weighted by atomic mass is 9.91. The van der Waals surface area contributed by atoms with Gasteiger partial charge >= 0.3 is 0 Å². The van der Waals surface area contributed by atoms with Crippen molar-refractivity contribution in [3.8, 4) is 0 Å². The number of fused-ring (bicyclic) bond motifs is 2. The normalized spacial score (nSPS) is 38.8. The van der Waals surface area contributed by atoms with Crippen molar-refractivity contribution in [1.82, 2.24) is 15.4 Å². The van der Waals surface area contributed by atoms with E-state index in [1.54, 1.807) is 11.7 Å². The highest BCUT2D eigenvalue weighted by molar-refractivity contribution is 5.93. The molecule has 5 rings (SSSR count). The first-order valence-corrected chi connectivity index (χ1v) is 9.60. The Balaban J connectivity index is 1.24. The van der Waals surface area contributed by atoms with Crippen LogP contribution in [0, 0.1) is 11.8 Å². The van der Waals surface area contributed by atoms with Crippen LogP contribution in [-0.4, -0.2) is 63.7 Å². The molecule has 5 heterocycles. The lowest BCUT2D eigenvalue weighted by Crippen LogP contribution is -2.36. The van der Waals surface area contributed by atoms with Gasteiger partial charge in [0.2, 0.25) is 0 Å². The van der Waals surface area contributed by atoms with Crippen molar-refractivity contribution in [3.63, 3.8) is 0 Å². The van der Waals surface area contributed by atoms with Gasteiger partial charge < -0.3 is 0 Å². The Morgan fingerprint density at radius 1 is 1.40 bits per heavy atom. The molecule has 0 radical (unpaired) electrons. The van der Waals surface area contributed by atoms with E-state index in [0.29, 0.717) is 5.56 Å². The molecular formula is C19H27N4O2+. The Hall–Kier alpha value is -1.50. The molecule has 1 aromatic rings. The topological polar surface area (TPSA) is 65.5 Å². The van der Waals surface area contributed by atoms with Crippen LogP contribution in [0.2, 0.25) is 0 Å². The summed E-state index contributed by atoms with van der Waals surface area (Å²) in [6.45, 7) is 8.44. The largest absolute Gasteiger partial charge is 0.299 e. The van der Waals surface area contributed by atoms with E-state index in [9.17, 15) is 4.79 Å². The molecule has 0 aliphatic carbocycles. The van der Waals surface area contributed by atoms with Gasteiger partial charge in [0.25, 0.3) is 5.91 Å². The highest BCUT2D eigenvalue weighted by Gasteiger charge is 2.83. The summed E-state index contributed by atoms with van der Waals surface area (Å²) in [5.41, 5.74) is 4.35. The van der Waals surface area contributed by atoms with Crippen molar-refractivity contribution < 1.29 is 14.5 Å². The first-order chi connectivity index (χ1) is 12.1. The maximum absolute atomic E-state index is 11.5. The molecule has 1 amide bonds. The summed E-state index contributed by atoms with van der Waals surface area (Å²) in [5.74, 6) is 1.20. The van der Waals surface area contributed by atoms with Crippen LogP contribution in [0.3, 0.4) is 0 Å². The molecule has 3 fully saturated rings. The van der Waals surface area contributed by atoms with Crippen LogP contribution in [0.1, 0.15) is 41.4 Å². The average Bonchev–Trinajstić information content (AvgIpc) is 3.47. The molecule has 0 saturated carbocycles. The SMILES string of the molecule is C[C@@H]1C[C@@H](CN2CCc3cc(C(=O)NO)cnc3C2)CC2C3C[N@+]23C1. The molecule has 1 spiro atoms. The number of nitrogens with zero attached hydrogens (tertiary/aromatic N) is 3. The summed E-state index contributed by atoms with van der Waals surface area (Å²) >= 11 is 0. The number of amides is 1. The third-order valence-corrected chi connectivity index (χ3v) is 7.04. The van der Waals surface area contributed by atoms with Gasteiger partial charge in [-0.15, -0.1) is 0 Å². The quantitative estimate of drug-likeness (QED) is 0.374. The molecule has 134 valence electrons.